The van der Waals surface area contributed by atoms with Crippen LogP contribution in [0.5, 0.6) is 5.75 Å². The van der Waals surface area contributed by atoms with Gasteiger partial charge in [0, 0.05) is 16.9 Å². The molecule has 0 bridgehead atoms. The van der Waals surface area contributed by atoms with Crippen LogP contribution in [0.25, 0.3) is 10.2 Å². The second-order valence-corrected chi connectivity index (χ2v) is 12.8. The van der Waals surface area contributed by atoms with Crippen LogP contribution in [0.2, 0.25) is 5.02 Å². The Balaban J connectivity index is 1.22. The maximum atomic E-state index is 14.6. The van der Waals surface area contributed by atoms with Gasteiger partial charge in [0.05, 0.1) is 16.8 Å². The van der Waals surface area contributed by atoms with Crippen LogP contribution >= 0.6 is 22.9 Å². The number of aliphatic carboxylic acids is 1. The van der Waals surface area contributed by atoms with E-state index in [0.717, 1.165) is 34.4 Å². The maximum Gasteiger partial charge on any atom is 0.329 e. The molecule has 0 aliphatic heterocycles. The van der Waals surface area contributed by atoms with Crippen molar-refractivity contribution in [2.45, 2.75) is 56.4 Å². The Morgan fingerprint density at radius 3 is 2.80 bits per heavy atom. The Bertz CT molecular complexity index is 1550. The molecule has 1 fully saturated rings. The van der Waals surface area contributed by atoms with E-state index in [1.165, 1.54) is 5.56 Å². The summed E-state index contributed by atoms with van der Waals surface area (Å²) in [4.78, 5) is 17.0. The van der Waals surface area contributed by atoms with Crippen molar-refractivity contribution in [1.82, 2.24) is 4.98 Å². The third-order valence-corrected chi connectivity index (χ3v) is 10.1. The van der Waals surface area contributed by atoms with Gasteiger partial charge in [-0.15, -0.1) is 11.3 Å². The lowest BCUT2D eigenvalue weighted by molar-refractivity contribution is -0.144. The van der Waals surface area contributed by atoms with Crippen molar-refractivity contribution in [3.63, 3.8) is 0 Å². The standard InChI is InChI=1S/C32H32ClFN2O3S/c1-20(19-39-28-7-13-35-27-8-14-40-29(27)28)15-22-16-21-5-6-24(34)18-26(21)31(22)9-11-32(12-10-31,30(37)38)36-25-4-2-3-23(33)17-25/h2-8,13-14,17-18,20,22,36H,9-12,15-16,19H2,1H3,(H,37,38)/t20-,22-,31?,32?/m1/s1. The van der Waals surface area contributed by atoms with Crippen molar-refractivity contribution in [2.75, 3.05) is 11.9 Å². The van der Waals surface area contributed by atoms with Crippen LogP contribution in [0.15, 0.2) is 66.2 Å². The number of fused-ring (bicyclic) bond motifs is 3. The predicted molar refractivity (Wildman–Crippen MR) is 158 cm³/mol. The van der Waals surface area contributed by atoms with E-state index in [1.54, 1.807) is 41.8 Å². The van der Waals surface area contributed by atoms with E-state index in [0.29, 0.717) is 43.0 Å². The Labute approximate surface area is 242 Å². The molecule has 2 atom stereocenters. The molecule has 1 saturated carbocycles. The number of halogens is 2. The van der Waals surface area contributed by atoms with Crippen LogP contribution in [0.4, 0.5) is 10.1 Å². The first-order chi connectivity index (χ1) is 19.3. The number of aromatic nitrogens is 1. The zero-order valence-electron chi connectivity index (χ0n) is 22.3. The Kier molecular flexibility index (Phi) is 7.21. The smallest absolute Gasteiger partial charge is 0.329 e. The summed E-state index contributed by atoms with van der Waals surface area (Å²) in [6.07, 6.45) is 5.78. The molecule has 2 aliphatic rings. The Hall–Kier alpha value is -3.16. The summed E-state index contributed by atoms with van der Waals surface area (Å²) in [7, 11) is 0. The fourth-order valence-electron chi connectivity index (χ4n) is 6.96. The average Bonchev–Trinajstić information content (AvgIpc) is 3.52. The zero-order valence-corrected chi connectivity index (χ0v) is 23.9. The highest BCUT2D eigenvalue weighted by Gasteiger charge is 2.54. The summed E-state index contributed by atoms with van der Waals surface area (Å²) in [5.74, 6) is 0.296. The fourth-order valence-corrected chi connectivity index (χ4v) is 7.97. The zero-order chi connectivity index (χ0) is 27.9. The molecular weight excluding hydrogens is 547 g/mol. The van der Waals surface area contributed by atoms with Crippen molar-refractivity contribution in [2.24, 2.45) is 11.8 Å². The van der Waals surface area contributed by atoms with Crippen LogP contribution < -0.4 is 10.1 Å². The first-order valence-corrected chi connectivity index (χ1v) is 15.0. The van der Waals surface area contributed by atoms with Crippen LogP contribution in [-0.2, 0) is 16.6 Å². The molecule has 40 heavy (non-hydrogen) atoms. The summed E-state index contributed by atoms with van der Waals surface area (Å²) in [5, 5.41) is 16.2. The minimum Gasteiger partial charge on any atom is -0.492 e. The molecule has 1 spiro atoms. The lowest BCUT2D eigenvalue weighted by atomic mass is 9.59. The molecule has 2 aromatic carbocycles. The Morgan fingerprint density at radius 1 is 1.20 bits per heavy atom. The second kappa shape index (κ2) is 10.7. The number of hydrogen-bond donors (Lipinski definition) is 2. The number of ether oxygens (including phenoxy) is 1. The number of nitrogens with zero attached hydrogens (tertiary/aromatic N) is 1. The molecule has 4 aromatic rings. The van der Waals surface area contributed by atoms with E-state index in [2.05, 4.69) is 17.2 Å². The van der Waals surface area contributed by atoms with Gasteiger partial charge in [0.15, 0.2) is 0 Å². The SMILES string of the molecule is C[C@@H](COc1ccnc2ccsc12)C[C@@H]1Cc2ccc(F)cc2C12CCC(Nc1cccc(Cl)c1)(C(=O)O)CC2. The molecule has 5 nitrogen and oxygen atoms in total. The lowest BCUT2D eigenvalue weighted by Crippen LogP contribution is -2.53. The normalized spacial score (nSPS) is 24.6. The molecule has 0 unspecified atom stereocenters. The molecule has 2 heterocycles. The van der Waals surface area contributed by atoms with Gasteiger partial charge in [-0.1, -0.05) is 30.7 Å². The molecule has 2 aromatic heterocycles. The number of carboxylic acid groups (broad SMARTS) is 1. The third kappa shape index (κ3) is 4.94. The van der Waals surface area contributed by atoms with Crippen LogP contribution in [-0.4, -0.2) is 28.2 Å². The van der Waals surface area contributed by atoms with Gasteiger partial charge < -0.3 is 15.2 Å². The van der Waals surface area contributed by atoms with Crippen LogP contribution in [0, 0.1) is 17.7 Å². The summed E-state index contributed by atoms with van der Waals surface area (Å²) >= 11 is 7.80. The van der Waals surface area contributed by atoms with Crippen LogP contribution in [0.3, 0.4) is 0 Å². The Morgan fingerprint density at radius 2 is 2.02 bits per heavy atom. The summed E-state index contributed by atoms with van der Waals surface area (Å²) < 4.78 is 21.9. The first-order valence-electron chi connectivity index (χ1n) is 13.8. The van der Waals surface area contributed by atoms with Crippen molar-refractivity contribution < 1.29 is 19.0 Å². The van der Waals surface area contributed by atoms with Gasteiger partial charge in [0.1, 0.15) is 17.1 Å². The largest absolute Gasteiger partial charge is 0.492 e. The molecule has 0 amide bonds. The van der Waals surface area contributed by atoms with E-state index in [-0.39, 0.29) is 23.1 Å². The third-order valence-electron chi connectivity index (χ3n) is 8.99. The van der Waals surface area contributed by atoms with Crippen molar-refractivity contribution >= 4 is 44.8 Å². The highest BCUT2D eigenvalue weighted by molar-refractivity contribution is 7.17. The number of carbonyl (C=O) groups is 1. The van der Waals surface area contributed by atoms with Crippen molar-refractivity contribution in [3.8, 4) is 5.75 Å². The van der Waals surface area contributed by atoms with E-state index in [4.69, 9.17) is 16.3 Å². The van der Waals surface area contributed by atoms with E-state index in [9.17, 15) is 14.3 Å². The number of pyridine rings is 1. The van der Waals surface area contributed by atoms with Gasteiger partial charge >= 0.3 is 5.97 Å². The van der Waals surface area contributed by atoms with Crippen LogP contribution in [0.1, 0.15) is 50.2 Å². The molecule has 0 radical (unpaired) electrons. The fraction of sp³-hybridized carbons (Fsp3) is 0.375. The number of anilines is 1. The van der Waals surface area contributed by atoms with Gasteiger partial charge in [-0.05, 0) is 115 Å². The number of hydrogen-bond acceptors (Lipinski definition) is 5. The minimum absolute atomic E-state index is 0.236. The number of carboxylic acids is 1. The minimum atomic E-state index is -1.10. The van der Waals surface area contributed by atoms with Gasteiger partial charge in [-0.3, -0.25) is 4.98 Å². The average molecular weight is 579 g/mol. The van der Waals surface area contributed by atoms with E-state index in [1.807, 2.05) is 35.7 Å². The summed E-state index contributed by atoms with van der Waals surface area (Å²) in [6, 6.07) is 16.3. The monoisotopic (exact) mass is 578 g/mol. The van der Waals surface area contributed by atoms with Gasteiger partial charge in [-0.2, -0.15) is 0 Å². The van der Waals surface area contributed by atoms with E-state index < -0.39 is 11.5 Å². The van der Waals surface area contributed by atoms with E-state index >= 15 is 0 Å². The first kappa shape index (κ1) is 27.0. The predicted octanol–water partition coefficient (Wildman–Crippen LogP) is 8.11. The highest BCUT2D eigenvalue weighted by Crippen LogP contribution is 2.56. The molecule has 2 aliphatic carbocycles. The number of benzene rings is 2. The van der Waals surface area contributed by atoms with Gasteiger partial charge in [0.2, 0.25) is 0 Å². The molecule has 0 saturated heterocycles. The number of rotatable bonds is 8. The highest BCUT2D eigenvalue weighted by atomic mass is 35.5. The summed E-state index contributed by atoms with van der Waals surface area (Å²) in [6.45, 7) is 2.78. The molecule has 6 rings (SSSR count). The summed E-state index contributed by atoms with van der Waals surface area (Å²) in [5.41, 5.74) is 2.51. The number of nitrogens with one attached hydrogen (secondary N) is 1. The van der Waals surface area contributed by atoms with Gasteiger partial charge in [-0.25, -0.2) is 9.18 Å². The topological polar surface area (TPSA) is 71.5 Å². The quantitative estimate of drug-likeness (QED) is 0.221. The lowest BCUT2D eigenvalue weighted by Gasteiger charge is -2.47. The molecule has 8 heteroatoms. The van der Waals surface area contributed by atoms with Gasteiger partial charge in [0.25, 0.3) is 0 Å². The molecular formula is C32H32ClFN2O3S. The van der Waals surface area contributed by atoms with Crippen molar-refractivity contribution in [1.29, 1.82) is 0 Å². The van der Waals surface area contributed by atoms with Crippen molar-refractivity contribution in [3.05, 3.63) is 88.1 Å². The molecule has 2 N–H and O–H groups in total. The second-order valence-electron chi connectivity index (χ2n) is 11.5. The number of thiophene rings is 1. The maximum absolute atomic E-state index is 14.6. The molecule has 208 valence electrons.